The first-order valence-electron chi connectivity index (χ1n) is 5.77. The van der Waals surface area contributed by atoms with Gasteiger partial charge in [0.05, 0.1) is 27.0 Å². The van der Waals surface area contributed by atoms with Crippen molar-refractivity contribution >= 4 is 5.82 Å². The van der Waals surface area contributed by atoms with Gasteiger partial charge in [0, 0.05) is 24.7 Å². The van der Waals surface area contributed by atoms with E-state index in [1.54, 1.807) is 27.4 Å². The number of nitrogens with one attached hydrogen (secondary N) is 2. The Hall–Kier alpha value is -2.37. The molecule has 0 saturated heterocycles. The van der Waals surface area contributed by atoms with E-state index in [9.17, 15) is 0 Å². The van der Waals surface area contributed by atoms with Crippen molar-refractivity contribution in [3.05, 3.63) is 18.2 Å². The summed E-state index contributed by atoms with van der Waals surface area (Å²) >= 11 is 0. The molecule has 0 aliphatic heterocycles. The summed E-state index contributed by atoms with van der Waals surface area (Å²) in [5.74, 6) is 2.70. The minimum Gasteiger partial charge on any atom is -0.496 e. The maximum absolute atomic E-state index is 5.38. The Morgan fingerprint density at radius 2 is 1.58 bits per heavy atom. The summed E-state index contributed by atoms with van der Waals surface area (Å²) in [7, 11) is 6.61. The molecular weight excluding hydrogens is 246 g/mol. The average molecular weight is 263 g/mol. The number of anilines is 1. The number of H-pyrrole nitrogens is 1. The van der Waals surface area contributed by atoms with Gasteiger partial charge in [-0.2, -0.15) is 5.10 Å². The van der Waals surface area contributed by atoms with Crippen LogP contribution < -0.4 is 19.5 Å². The molecule has 0 saturated carbocycles. The molecule has 0 spiro atoms. The van der Waals surface area contributed by atoms with Crippen LogP contribution in [0, 0.1) is 0 Å². The quantitative estimate of drug-likeness (QED) is 0.865. The predicted molar refractivity (Wildman–Crippen MR) is 73.2 cm³/mol. The SMILES string of the molecule is CNc1cc(-c2cc(OC)c(OC)cc2OC)[nH]n1. The second kappa shape index (κ2) is 5.51. The van der Waals surface area contributed by atoms with Crippen molar-refractivity contribution in [3.8, 4) is 28.5 Å². The summed E-state index contributed by atoms with van der Waals surface area (Å²) in [5.41, 5.74) is 1.69. The molecule has 6 nitrogen and oxygen atoms in total. The standard InChI is InChI=1S/C13H17N3O3/c1-14-13-6-9(15-16-13)8-5-11(18-3)12(19-4)7-10(8)17-2/h5-7H,1-4H3,(H2,14,15,16). The Labute approximate surface area is 111 Å². The zero-order chi connectivity index (χ0) is 13.8. The number of aromatic nitrogens is 2. The van der Waals surface area contributed by atoms with Crippen molar-refractivity contribution in [1.82, 2.24) is 10.2 Å². The van der Waals surface area contributed by atoms with Gasteiger partial charge in [0.2, 0.25) is 0 Å². The van der Waals surface area contributed by atoms with E-state index in [4.69, 9.17) is 14.2 Å². The fourth-order valence-corrected chi connectivity index (χ4v) is 1.83. The summed E-state index contributed by atoms with van der Waals surface area (Å²) in [6.45, 7) is 0. The van der Waals surface area contributed by atoms with E-state index < -0.39 is 0 Å². The number of aromatic amines is 1. The summed E-state index contributed by atoms with van der Waals surface area (Å²) in [5, 5.41) is 10.0. The monoisotopic (exact) mass is 263 g/mol. The first kappa shape index (κ1) is 13.1. The van der Waals surface area contributed by atoms with E-state index in [0.29, 0.717) is 17.2 Å². The number of hydrogen-bond acceptors (Lipinski definition) is 5. The second-order valence-electron chi connectivity index (χ2n) is 3.82. The number of methoxy groups -OCH3 is 3. The Kier molecular flexibility index (Phi) is 3.79. The van der Waals surface area contributed by atoms with Gasteiger partial charge in [-0.05, 0) is 6.07 Å². The Bertz CT molecular complexity index is 566. The zero-order valence-electron chi connectivity index (χ0n) is 11.4. The lowest BCUT2D eigenvalue weighted by Gasteiger charge is -2.13. The van der Waals surface area contributed by atoms with Crippen molar-refractivity contribution in [2.75, 3.05) is 33.7 Å². The van der Waals surface area contributed by atoms with E-state index in [0.717, 1.165) is 17.1 Å². The van der Waals surface area contributed by atoms with E-state index in [-0.39, 0.29) is 0 Å². The average Bonchev–Trinajstić information content (AvgIpc) is 2.94. The lowest BCUT2D eigenvalue weighted by Crippen LogP contribution is -1.95. The molecule has 1 heterocycles. The van der Waals surface area contributed by atoms with Crippen molar-refractivity contribution in [2.45, 2.75) is 0 Å². The molecule has 0 atom stereocenters. The normalized spacial score (nSPS) is 10.1. The van der Waals surface area contributed by atoms with Crippen molar-refractivity contribution in [2.24, 2.45) is 0 Å². The maximum atomic E-state index is 5.38. The summed E-state index contributed by atoms with van der Waals surface area (Å²) in [6, 6.07) is 5.53. The molecule has 0 aliphatic carbocycles. The highest BCUT2D eigenvalue weighted by molar-refractivity contribution is 5.73. The Morgan fingerprint density at radius 1 is 0.947 bits per heavy atom. The largest absolute Gasteiger partial charge is 0.496 e. The van der Waals surface area contributed by atoms with Gasteiger partial charge >= 0.3 is 0 Å². The number of ether oxygens (including phenoxy) is 3. The first-order chi connectivity index (χ1) is 9.23. The van der Waals surface area contributed by atoms with Gasteiger partial charge in [-0.1, -0.05) is 0 Å². The third-order valence-electron chi connectivity index (χ3n) is 2.83. The molecule has 0 aliphatic rings. The van der Waals surface area contributed by atoms with Crippen LogP contribution in [0.15, 0.2) is 18.2 Å². The molecule has 0 bridgehead atoms. The number of rotatable bonds is 5. The molecular formula is C13H17N3O3. The number of benzene rings is 1. The molecule has 19 heavy (non-hydrogen) atoms. The molecule has 0 fully saturated rings. The van der Waals surface area contributed by atoms with Crippen LogP contribution in [-0.2, 0) is 0 Å². The lowest BCUT2D eigenvalue weighted by molar-refractivity contribution is 0.349. The van der Waals surface area contributed by atoms with Gasteiger partial charge in [-0.15, -0.1) is 0 Å². The predicted octanol–water partition coefficient (Wildman–Crippen LogP) is 2.14. The highest BCUT2D eigenvalue weighted by atomic mass is 16.5. The fraction of sp³-hybridized carbons (Fsp3) is 0.308. The third-order valence-corrected chi connectivity index (χ3v) is 2.83. The molecule has 102 valence electrons. The molecule has 0 amide bonds. The summed E-state index contributed by atoms with van der Waals surface area (Å²) < 4.78 is 15.9. The smallest absolute Gasteiger partial charge is 0.164 e. The molecule has 6 heteroatoms. The minimum absolute atomic E-state index is 0.622. The number of hydrogen-bond donors (Lipinski definition) is 2. The zero-order valence-corrected chi connectivity index (χ0v) is 11.4. The highest BCUT2D eigenvalue weighted by Crippen LogP contribution is 2.39. The van der Waals surface area contributed by atoms with Crippen LogP contribution >= 0.6 is 0 Å². The minimum atomic E-state index is 0.622. The van der Waals surface area contributed by atoms with Gasteiger partial charge in [0.15, 0.2) is 11.5 Å². The maximum Gasteiger partial charge on any atom is 0.164 e. The van der Waals surface area contributed by atoms with Crippen LogP contribution in [-0.4, -0.2) is 38.6 Å². The van der Waals surface area contributed by atoms with Crippen LogP contribution in [0.4, 0.5) is 5.82 Å². The van der Waals surface area contributed by atoms with Gasteiger partial charge in [0.25, 0.3) is 0 Å². The van der Waals surface area contributed by atoms with Crippen LogP contribution in [0.5, 0.6) is 17.2 Å². The summed E-state index contributed by atoms with van der Waals surface area (Å²) in [6.07, 6.45) is 0. The Balaban J connectivity index is 2.54. The molecule has 0 unspecified atom stereocenters. The van der Waals surface area contributed by atoms with Crippen LogP contribution in [0.25, 0.3) is 11.3 Å². The van der Waals surface area contributed by atoms with Crippen LogP contribution in [0.3, 0.4) is 0 Å². The lowest BCUT2D eigenvalue weighted by atomic mass is 10.1. The van der Waals surface area contributed by atoms with Crippen molar-refractivity contribution in [3.63, 3.8) is 0 Å². The van der Waals surface area contributed by atoms with Gasteiger partial charge in [-0.3, -0.25) is 5.10 Å². The number of nitrogens with zero attached hydrogens (tertiary/aromatic N) is 1. The molecule has 1 aromatic carbocycles. The van der Waals surface area contributed by atoms with Crippen molar-refractivity contribution in [1.29, 1.82) is 0 Å². The van der Waals surface area contributed by atoms with Gasteiger partial charge in [-0.25, -0.2) is 0 Å². The first-order valence-corrected chi connectivity index (χ1v) is 5.77. The topological polar surface area (TPSA) is 68.4 Å². The van der Waals surface area contributed by atoms with E-state index in [1.165, 1.54) is 0 Å². The van der Waals surface area contributed by atoms with Crippen molar-refractivity contribution < 1.29 is 14.2 Å². The molecule has 2 aromatic rings. The highest BCUT2D eigenvalue weighted by Gasteiger charge is 2.15. The van der Waals surface area contributed by atoms with Crippen LogP contribution in [0.1, 0.15) is 0 Å². The van der Waals surface area contributed by atoms with Crippen LogP contribution in [0.2, 0.25) is 0 Å². The molecule has 2 rings (SSSR count). The van der Waals surface area contributed by atoms with E-state index >= 15 is 0 Å². The Morgan fingerprint density at radius 3 is 2.11 bits per heavy atom. The summed E-state index contributed by atoms with van der Waals surface area (Å²) in [4.78, 5) is 0. The van der Waals surface area contributed by atoms with Gasteiger partial charge < -0.3 is 19.5 Å². The fourth-order valence-electron chi connectivity index (χ4n) is 1.83. The van der Waals surface area contributed by atoms with E-state index in [1.807, 2.05) is 19.2 Å². The molecule has 2 N–H and O–H groups in total. The third kappa shape index (κ3) is 2.42. The van der Waals surface area contributed by atoms with Gasteiger partial charge in [0.1, 0.15) is 11.6 Å². The van der Waals surface area contributed by atoms with E-state index in [2.05, 4.69) is 15.5 Å². The second-order valence-corrected chi connectivity index (χ2v) is 3.82. The molecule has 0 radical (unpaired) electrons. The molecule has 1 aromatic heterocycles.